The summed E-state index contributed by atoms with van der Waals surface area (Å²) in [4.78, 5) is 27.7. The number of nitrogens with zero attached hydrogens (tertiary/aromatic N) is 2. The number of amides is 2. The van der Waals surface area contributed by atoms with Gasteiger partial charge in [-0.3, -0.25) is 13.9 Å². The minimum Gasteiger partial charge on any atom is -0.454 e. The molecule has 0 fully saturated rings. The van der Waals surface area contributed by atoms with Crippen LogP contribution in [0.15, 0.2) is 42.5 Å². The maximum Gasteiger partial charge on any atom is 0.244 e. The van der Waals surface area contributed by atoms with Gasteiger partial charge in [-0.2, -0.15) is 0 Å². The molecule has 0 saturated heterocycles. The second-order valence-corrected chi connectivity index (χ2v) is 11.1. The molecule has 1 N–H and O–H groups in total. The third-order valence-electron chi connectivity index (χ3n) is 5.42. The van der Waals surface area contributed by atoms with Crippen molar-refractivity contribution in [2.75, 3.05) is 30.4 Å². The van der Waals surface area contributed by atoms with Crippen LogP contribution in [-0.2, 0) is 26.2 Å². The molecule has 1 aliphatic heterocycles. The summed E-state index contributed by atoms with van der Waals surface area (Å²) in [6.45, 7) is 5.62. The topological polar surface area (TPSA) is 105 Å². The van der Waals surface area contributed by atoms with Crippen LogP contribution in [0.3, 0.4) is 0 Å². The zero-order valence-electron chi connectivity index (χ0n) is 20.2. The third kappa shape index (κ3) is 7.02. The highest BCUT2D eigenvalue weighted by Crippen LogP contribution is 2.36. The number of hydrogen-bond donors (Lipinski definition) is 1. The van der Waals surface area contributed by atoms with Crippen LogP contribution in [0.5, 0.6) is 11.5 Å². The predicted octanol–water partition coefficient (Wildman–Crippen LogP) is 3.02. The fourth-order valence-corrected chi connectivity index (χ4v) is 4.58. The van der Waals surface area contributed by atoms with Gasteiger partial charge in [0.25, 0.3) is 0 Å². The van der Waals surface area contributed by atoms with Gasteiger partial charge in [-0.05, 0) is 42.7 Å². The second kappa shape index (κ2) is 11.2. The van der Waals surface area contributed by atoms with E-state index in [-0.39, 0.29) is 30.9 Å². The van der Waals surface area contributed by atoms with Crippen LogP contribution in [0, 0.1) is 5.92 Å². The summed E-state index contributed by atoms with van der Waals surface area (Å²) in [5, 5.41) is 3.33. The fraction of sp³-hybridized carbons (Fsp3) is 0.417. The summed E-state index contributed by atoms with van der Waals surface area (Å²) in [5.74, 6) is 0.241. The molecule has 1 aliphatic rings. The molecule has 0 radical (unpaired) electrons. The van der Waals surface area contributed by atoms with Crippen LogP contribution >= 0.6 is 11.6 Å². The number of nitrogens with one attached hydrogen (secondary N) is 1. The average molecular weight is 524 g/mol. The molecule has 0 unspecified atom stereocenters. The Labute approximate surface area is 211 Å². The van der Waals surface area contributed by atoms with Crippen LogP contribution in [0.2, 0.25) is 5.02 Å². The SMILES string of the molecule is CC(C)CNC(=O)[C@H](C)N(Cc1cccc(Cl)c1)C(=O)CN(c1ccc2c(c1)OCO2)S(C)(=O)=O. The minimum atomic E-state index is -3.84. The molecular formula is C24H30ClN3O6S. The van der Waals surface area contributed by atoms with Crippen molar-refractivity contribution in [1.29, 1.82) is 0 Å². The van der Waals surface area contributed by atoms with Crippen LogP contribution in [-0.4, -0.2) is 57.3 Å². The molecule has 0 aromatic heterocycles. The molecule has 9 nitrogen and oxygen atoms in total. The zero-order chi connectivity index (χ0) is 25.8. The van der Waals surface area contributed by atoms with Gasteiger partial charge in [-0.25, -0.2) is 8.42 Å². The van der Waals surface area contributed by atoms with Gasteiger partial charge in [0, 0.05) is 24.2 Å². The van der Waals surface area contributed by atoms with Crippen LogP contribution < -0.4 is 19.1 Å². The number of halogens is 1. The van der Waals surface area contributed by atoms with Gasteiger partial charge >= 0.3 is 0 Å². The number of carbonyl (C=O) groups is 2. The van der Waals surface area contributed by atoms with Crippen molar-refractivity contribution >= 4 is 39.1 Å². The zero-order valence-corrected chi connectivity index (χ0v) is 21.7. The lowest BCUT2D eigenvalue weighted by Crippen LogP contribution is -2.51. The maximum atomic E-state index is 13.5. The van der Waals surface area contributed by atoms with Crippen molar-refractivity contribution in [3.63, 3.8) is 0 Å². The van der Waals surface area contributed by atoms with Gasteiger partial charge in [0.05, 0.1) is 11.9 Å². The molecule has 2 amide bonds. The summed E-state index contributed by atoms with van der Waals surface area (Å²) in [6.07, 6.45) is 1.02. The Morgan fingerprint density at radius 2 is 1.80 bits per heavy atom. The van der Waals surface area contributed by atoms with Gasteiger partial charge in [0.15, 0.2) is 11.5 Å². The summed E-state index contributed by atoms with van der Waals surface area (Å²) in [5.41, 5.74) is 0.966. The molecule has 190 valence electrons. The van der Waals surface area contributed by atoms with Crippen LogP contribution in [0.25, 0.3) is 0 Å². The Balaban J connectivity index is 1.89. The average Bonchev–Trinajstić information content (AvgIpc) is 3.26. The first-order valence-corrected chi connectivity index (χ1v) is 13.4. The number of benzene rings is 2. The van der Waals surface area contributed by atoms with Gasteiger partial charge in [-0.1, -0.05) is 37.6 Å². The number of hydrogen-bond acceptors (Lipinski definition) is 6. The molecule has 3 rings (SSSR count). The molecule has 11 heteroatoms. The monoisotopic (exact) mass is 523 g/mol. The van der Waals surface area contributed by atoms with Crippen molar-refractivity contribution in [2.24, 2.45) is 5.92 Å². The number of anilines is 1. The van der Waals surface area contributed by atoms with E-state index >= 15 is 0 Å². The summed E-state index contributed by atoms with van der Waals surface area (Å²) >= 11 is 6.11. The van der Waals surface area contributed by atoms with E-state index in [0.29, 0.717) is 28.6 Å². The first-order chi connectivity index (χ1) is 16.5. The molecule has 2 aromatic rings. The summed E-state index contributed by atoms with van der Waals surface area (Å²) < 4.78 is 37.0. The number of carbonyl (C=O) groups excluding carboxylic acids is 2. The molecule has 0 saturated carbocycles. The van der Waals surface area contributed by atoms with Crippen molar-refractivity contribution < 1.29 is 27.5 Å². The van der Waals surface area contributed by atoms with Crippen LogP contribution in [0.1, 0.15) is 26.3 Å². The van der Waals surface area contributed by atoms with E-state index in [9.17, 15) is 18.0 Å². The lowest BCUT2D eigenvalue weighted by molar-refractivity contribution is -0.139. The Bertz CT molecular complexity index is 1190. The maximum absolute atomic E-state index is 13.5. The largest absolute Gasteiger partial charge is 0.454 e. The first kappa shape index (κ1) is 26.6. The van der Waals surface area contributed by atoms with Gasteiger partial charge in [-0.15, -0.1) is 0 Å². The minimum absolute atomic E-state index is 0.0347. The molecule has 2 aromatic carbocycles. The standard InChI is InChI=1S/C24H30ClN3O6S/c1-16(2)12-26-24(30)17(3)27(13-18-6-5-7-19(25)10-18)23(29)14-28(35(4,31)32)20-8-9-21-22(11-20)34-15-33-21/h5-11,16-17H,12-15H2,1-4H3,(H,26,30)/t17-/m0/s1. The van der Waals surface area contributed by atoms with E-state index in [1.807, 2.05) is 13.8 Å². The van der Waals surface area contributed by atoms with E-state index in [4.69, 9.17) is 21.1 Å². The quantitative estimate of drug-likeness (QED) is 0.513. The van der Waals surface area contributed by atoms with E-state index in [1.54, 1.807) is 43.3 Å². The predicted molar refractivity (Wildman–Crippen MR) is 134 cm³/mol. The molecule has 0 bridgehead atoms. The first-order valence-electron chi connectivity index (χ1n) is 11.1. The highest BCUT2D eigenvalue weighted by atomic mass is 35.5. The van der Waals surface area contributed by atoms with Gasteiger partial charge in [0.1, 0.15) is 12.6 Å². The second-order valence-electron chi connectivity index (χ2n) is 8.77. The lowest BCUT2D eigenvalue weighted by Gasteiger charge is -2.31. The van der Waals surface area contributed by atoms with Crippen LogP contribution in [0.4, 0.5) is 5.69 Å². The molecule has 1 heterocycles. The summed E-state index contributed by atoms with van der Waals surface area (Å²) in [7, 11) is -3.84. The fourth-order valence-electron chi connectivity index (χ4n) is 3.52. The number of rotatable bonds is 10. The Hall–Kier alpha value is -2.98. The van der Waals surface area contributed by atoms with Gasteiger partial charge < -0.3 is 19.7 Å². The lowest BCUT2D eigenvalue weighted by atomic mass is 10.1. The molecule has 0 aliphatic carbocycles. The third-order valence-corrected chi connectivity index (χ3v) is 6.79. The molecule has 1 atom stereocenters. The molecule has 0 spiro atoms. The Morgan fingerprint density at radius 1 is 1.09 bits per heavy atom. The van der Waals surface area contributed by atoms with Crippen molar-refractivity contribution in [3.8, 4) is 11.5 Å². The Kier molecular flexibility index (Phi) is 8.50. The Morgan fingerprint density at radius 3 is 2.46 bits per heavy atom. The molecular weight excluding hydrogens is 494 g/mol. The smallest absolute Gasteiger partial charge is 0.244 e. The normalized spacial score (nSPS) is 13.4. The van der Waals surface area contributed by atoms with E-state index in [0.717, 1.165) is 10.6 Å². The number of sulfonamides is 1. The highest BCUT2D eigenvalue weighted by Gasteiger charge is 2.30. The number of ether oxygens (including phenoxy) is 2. The van der Waals surface area contributed by atoms with Gasteiger partial charge in [0.2, 0.25) is 28.6 Å². The van der Waals surface area contributed by atoms with E-state index < -0.39 is 28.5 Å². The number of fused-ring (bicyclic) bond motifs is 1. The van der Waals surface area contributed by atoms with E-state index in [1.165, 1.54) is 11.0 Å². The van der Waals surface area contributed by atoms with Crippen molar-refractivity contribution in [3.05, 3.63) is 53.1 Å². The van der Waals surface area contributed by atoms with Crippen molar-refractivity contribution in [1.82, 2.24) is 10.2 Å². The molecule has 35 heavy (non-hydrogen) atoms. The summed E-state index contributed by atoms with van der Waals surface area (Å²) in [6, 6.07) is 10.7. The van der Waals surface area contributed by atoms with E-state index in [2.05, 4.69) is 5.32 Å². The van der Waals surface area contributed by atoms with Crippen molar-refractivity contribution in [2.45, 2.75) is 33.4 Å². The highest BCUT2D eigenvalue weighted by molar-refractivity contribution is 7.92.